The lowest BCUT2D eigenvalue weighted by molar-refractivity contribution is 0.00809. The number of benzene rings is 1. The molecule has 0 amide bonds. The van der Waals surface area contributed by atoms with E-state index in [0.29, 0.717) is 18.7 Å². The Hall–Kier alpha value is -2.12. The van der Waals surface area contributed by atoms with Gasteiger partial charge in [0.2, 0.25) is 0 Å². The van der Waals surface area contributed by atoms with Gasteiger partial charge in [-0.2, -0.15) is 5.26 Å². The maximum absolute atomic E-state index is 10.1. The van der Waals surface area contributed by atoms with E-state index in [0.717, 1.165) is 23.1 Å². The molecule has 1 N–H and O–H groups in total. The zero-order chi connectivity index (χ0) is 13.5. The normalized spacial score (nSPS) is 17.0. The molecule has 3 rings (SSSR count). The highest BCUT2D eigenvalue weighted by molar-refractivity contribution is 5.86. The summed E-state index contributed by atoms with van der Waals surface area (Å²) in [6.07, 6.45) is 0.738. The van der Waals surface area contributed by atoms with Gasteiger partial charge in [0.25, 0.3) is 0 Å². The molecule has 2 aromatic rings. The summed E-state index contributed by atoms with van der Waals surface area (Å²) < 4.78 is 0. The smallest absolute Gasteiger partial charge is 0.130 e. The fraction of sp³-hybridized carbons (Fsp3) is 0.333. The average molecular weight is 253 g/mol. The number of β-amino-alcohol motifs (C(OH)–C–C–N with tert-alkyl or cyclic N) is 1. The number of fused-ring (bicyclic) bond motifs is 1. The standard InChI is InChI=1S/C15H15N3O/c1-2-15(19)9-18(10-15)14-7-11(8-16)12-5-3-4-6-13(12)17-14/h3-7,19H,2,9-10H2,1H3. The molecule has 0 atom stereocenters. The number of rotatable bonds is 2. The Morgan fingerprint density at radius 3 is 2.84 bits per heavy atom. The second kappa shape index (κ2) is 4.22. The number of aliphatic hydroxyl groups is 1. The van der Waals surface area contributed by atoms with E-state index < -0.39 is 5.60 Å². The molecule has 1 aromatic heterocycles. The lowest BCUT2D eigenvalue weighted by Crippen LogP contribution is -2.61. The molecular formula is C15H15N3O. The summed E-state index contributed by atoms with van der Waals surface area (Å²) >= 11 is 0. The van der Waals surface area contributed by atoms with Crippen molar-refractivity contribution < 1.29 is 5.11 Å². The van der Waals surface area contributed by atoms with Gasteiger partial charge in [-0.3, -0.25) is 0 Å². The van der Waals surface area contributed by atoms with Crippen LogP contribution in [0, 0.1) is 11.3 Å². The molecule has 0 spiro atoms. The SMILES string of the molecule is CCC1(O)CN(c2cc(C#N)c3ccccc3n2)C1. The molecule has 1 aliphatic rings. The van der Waals surface area contributed by atoms with Crippen LogP contribution in [-0.2, 0) is 0 Å². The molecule has 1 aliphatic heterocycles. The van der Waals surface area contributed by atoms with Crippen molar-refractivity contribution in [3.8, 4) is 6.07 Å². The molecule has 0 unspecified atom stereocenters. The Bertz CT molecular complexity index is 669. The molecule has 4 heteroatoms. The van der Waals surface area contributed by atoms with Gasteiger partial charge in [0.15, 0.2) is 0 Å². The lowest BCUT2D eigenvalue weighted by atomic mass is 9.91. The second-order valence-corrected chi connectivity index (χ2v) is 5.09. The molecule has 0 radical (unpaired) electrons. The van der Waals surface area contributed by atoms with Gasteiger partial charge in [0.05, 0.1) is 22.8 Å². The quantitative estimate of drug-likeness (QED) is 0.890. The predicted molar refractivity (Wildman–Crippen MR) is 73.9 cm³/mol. The van der Waals surface area contributed by atoms with E-state index in [2.05, 4.69) is 11.1 Å². The van der Waals surface area contributed by atoms with Crippen LogP contribution in [0.25, 0.3) is 10.9 Å². The van der Waals surface area contributed by atoms with Gasteiger partial charge in [-0.05, 0) is 18.6 Å². The minimum Gasteiger partial charge on any atom is -0.386 e. The van der Waals surface area contributed by atoms with Crippen molar-refractivity contribution in [3.63, 3.8) is 0 Å². The largest absolute Gasteiger partial charge is 0.386 e. The molecule has 1 fully saturated rings. The fourth-order valence-electron chi connectivity index (χ4n) is 2.47. The first-order chi connectivity index (χ1) is 9.15. The first-order valence-electron chi connectivity index (χ1n) is 6.42. The van der Waals surface area contributed by atoms with E-state index in [1.807, 2.05) is 36.1 Å². The lowest BCUT2D eigenvalue weighted by Gasteiger charge is -2.46. The summed E-state index contributed by atoms with van der Waals surface area (Å²) in [7, 11) is 0. The maximum atomic E-state index is 10.1. The Balaban J connectivity index is 2.01. The fourth-order valence-corrected chi connectivity index (χ4v) is 2.47. The first kappa shape index (κ1) is 11.9. The summed E-state index contributed by atoms with van der Waals surface area (Å²) in [5, 5.41) is 20.2. The number of anilines is 1. The van der Waals surface area contributed by atoms with Crippen molar-refractivity contribution in [2.45, 2.75) is 18.9 Å². The Labute approximate surface area is 111 Å². The van der Waals surface area contributed by atoms with E-state index in [-0.39, 0.29) is 0 Å². The van der Waals surface area contributed by atoms with Gasteiger partial charge in [-0.15, -0.1) is 0 Å². The third-order valence-electron chi connectivity index (χ3n) is 3.78. The number of nitriles is 1. The van der Waals surface area contributed by atoms with Gasteiger partial charge < -0.3 is 10.0 Å². The van der Waals surface area contributed by atoms with Gasteiger partial charge in [-0.25, -0.2) is 4.98 Å². The van der Waals surface area contributed by atoms with Crippen molar-refractivity contribution in [1.82, 2.24) is 4.98 Å². The number of para-hydroxylation sites is 1. The van der Waals surface area contributed by atoms with Crippen LogP contribution in [0.2, 0.25) is 0 Å². The van der Waals surface area contributed by atoms with Crippen molar-refractivity contribution in [3.05, 3.63) is 35.9 Å². The van der Waals surface area contributed by atoms with Gasteiger partial charge in [0.1, 0.15) is 5.82 Å². The third-order valence-corrected chi connectivity index (χ3v) is 3.78. The van der Waals surface area contributed by atoms with E-state index >= 15 is 0 Å². The topological polar surface area (TPSA) is 60.1 Å². The molecule has 0 saturated carbocycles. The maximum Gasteiger partial charge on any atom is 0.130 e. The average Bonchev–Trinajstić information content (AvgIpc) is 2.42. The van der Waals surface area contributed by atoms with Crippen molar-refractivity contribution in [2.24, 2.45) is 0 Å². The minimum absolute atomic E-state index is 0.583. The van der Waals surface area contributed by atoms with E-state index in [4.69, 9.17) is 0 Å². The number of hydrogen-bond donors (Lipinski definition) is 1. The Kier molecular flexibility index (Phi) is 2.65. The Morgan fingerprint density at radius 1 is 1.42 bits per heavy atom. The molecule has 19 heavy (non-hydrogen) atoms. The number of nitrogens with zero attached hydrogens (tertiary/aromatic N) is 3. The monoisotopic (exact) mass is 253 g/mol. The number of aromatic nitrogens is 1. The van der Waals surface area contributed by atoms with Crippen LogP contribution in [-0.4, -0.2) is 28.8 Å². The van der Waals surface area contributed by atoms with E-state index in [1.54, 1.807) is 6.07 Å². The van der Waals surface area contributed by atoms with Crippen LogP contribution in [0.5, 0.6) is 0 Å². The van der Waals surface area contributed by atoms with Crippen molar-refractivity contribution in [2.75, 3.05) is 18.0 Å². The van der Waals surface area contributed by atoms with Gasteiger partial charge in [-0.1, -0.05) is 25.1 Å². The molecule has 2 heterocycles. The van der Waals surface area contributed by atoms with Crippen molar-refractivity contribution in [1.29, 1.82) is 5.26 Å². The first-order valence-corrected chi connectivity index (χ1v) is 6.42. The second-order valence-electron chi connectivity index (χ2n) is 5.09. The van der Waals surface area contributed by atoms with Gasteiger partial charge in [0, 0.05) is 18.5 Å². The summed E-state index contributed by atoms with van der Waals surface area (Å²) in [6.45, 7) is 3.14. The summed E-state index contributed by atoms with van der Waals surface area (Å²) in [6, 6.07) is 11.7. The van der Waals surface area contributed by atoms with E-state index in [1.165, 1.54) is 0 Å². The molecular weight excluding hydrogens is 238 g/mol. The molecule has 1 saturated heterocycles. The summed E-state index contributed by atoms with van der Waals surface area (Å²) in [5.41, 5.74) is 0.858. The molecule has 96 valence electrons. The van der Waals surface area contributed by atoms with Crippen LogP contribution in [0.1, 0.15) is 18.9 Å². The van der Waals surface area contributed by atoms with E-state index in [9.17, 15) is 10.4 Å². The molecule has 0 bridgehead atoms. The third kappa shape index (κ3) is 1.92. The zero-order valence-electron chi connectivity index (χ0n) is 10.8. The molecule has 0 aliphatic carbocycles. The van der Waals surface area contributed by atoms with Crippen LogP contribution in [0.15, 0.2) is 30.3 Å². The van der Waals surface area contributed by atoms with Crippen LogP contribution >= 0.6 is 0 Å². The van der Waals surface area contributed by atoms with Crippen molar-refractivity contribution >= 4 is 16.7 Å². The zero-order valence-corrected chi connectivity index (χ0v) is 10.8. The van der Waals surface area contributed by atoms with Gasteiger partial charge >= 0.3 is 0 Å². The highest BCUT2D eigenvalue weighted by Crippen LogP contribution is 2.31. The highest BCUT2D eigenvalue weighted by Gasteiger charge is 2.40. The van der Waals surface area contributed by atoms with Crippen LogP contribution < -0.4 is 4.90 Å². The highest BCUT2D eigenvalue weighted by atomic mass is 16.3. The summed E-state index contributed by atoms with van der Waals surface area (Å²) in [4.78, 5) is 6.58. The van der Waals surface area contributed by atoms with Crippen LogP contribution in [0.3, 0.4) is 0 Å². The molecule has 4 nitrogen and oxygen atoms in total. The Morgan fingerprint density at radius 2 is 2.16 bits per heavy atom. The number of hydrogen-bond acceptors (Lipinski definition) is 4. The van der Waals surface area contributed by atoms with Crippen LogP contribution in [0.4, 0.5) is 5.82 Å². The minimum atomic E-state index is -0.597. The molecule has 1 aromatic carbocycles. The number of pyridine rings is 1. The summed E-state index contributed by atoms with van der Waals surface area (Å²) in [5.74, 6) is 0.772. The predicted octanol–water partition coefficient (Wildman–Crippen LogP) is 2.07.